The van der Waals surface area contributed by atoms with Gasteiger partial charge in [-0.2, -0.15) is 0 Å². The molecular formula is C12H10Cl4O. The minimum atomic E-state index is -1.12. The van der Waals surface area contributed by atoms with Crippen molar-refractivity contribution in [3.63, 3.8) is 0 Å². The predicted molar refractivity (Wildman–Crippen MR) is 68.7 cm³/mol. The lowest BCUT2D eigenvalue weighted by molar-refractivity contribution is -0.120. The minimum absolute atomic E-state index is 0.0999. The van der Waals surface area contributed by atoms with Gasteiger partial charge < -0.3 is 0 Å². The zero-order valence-corrected chi connectivity index (χ0v) is 11.9. The van der Waals surface area contributed by atoms with Crippen molar-refractivity contribution >= 4 is 52.2 Å². The van der Waals surface area contributed by atoms with E-state index in [1.807, 2.05) is 0 Å². The normalized spacial score (nSPS) is 59.4. The Bertz CT molecular complexity index is 447. The first-order chi connectivity index (χ1) is 7.93. The molecule has 0 saturated heterocycles. The predicted octanol–water partition coefficient (Wildman–Crippen LogP) is 3.89. The number of carbonyl (C=O) groups is 1. The summed E-state index contributed by atoms with van der Waals surface area (Å²) in [5.41, 5.74) is 0. The summed E-state index contributed by atoms with van der Waals surface area (Å²) in [5.74, 6) is 1.01. The largest absolute Gasteiger partial charge is 0.295 e. The van der Waals surface area contributed by atoms with E-state index in [4.69, 9.17) is 46.4 Å². The van der Waals surface area contributed by atoms with Crippen LogP contribution in [0, 0.1) is 23.7 Å². The van der Waals surface area contributed by atoms with Crippen LogP contribution in [0.5, 0.6) is 0 Å². The minimum Gasteiger partial charge on any atom is -0.295 e. The van der Waals surface area contributed by atoms with E-state index in [2.05, 4.69) is 0 Å². The van der Waals surface area contributed by atoms with Gasteiger partial charge in [0.05, 0.1) is 10.1 Å². The van der Waals surface area contributed by atoms with Gasteiger partial charge in [0.2, 0.25) is 0 Å². The highest BCUT2D eigenvalue weighted by atomic mass is 35.5. The second-order valence-electron chi connectivity index (χ2n) is 5.77. The molecule has 0 aromatic heterocycles. The van der Waals surface area contributed by atoms with E-state index >= 15 is 0 Å². The zero-order valence-electron chi connectivity index (χ0n) is 8.85. The summed E-state index contributed by atoms with van der Waals surface area (Å²) < 4.78 is 0. The Morgan fingerprint density at radius 1 is 0.941 bits per heavy atom. The number of allylic oxidation sites excluding steroid dienone is 2. The van der Waals surface area contributed by atoms with Gasteiger partial charge in [-0.1, -0.05) is 23.2 Å². The Morgan fingerprint density at radius 2 is 1.35 bits per heavy atom. The smallest absolute Gasteiger partial charge is 0.186 e. The maximum Gasteiger partial charge on any atom is 0.186 e. The van der Waals surface area contributed by atoms with E-state index in [1.165, 1.54) is 0 Å². The summed E-state index contributed by atoms with van der Waals surface area (Å²) in [5, 5.41) is 0.573. The summed E-state index contributed by atoms with van der Waals surface area (Å²) >= 11 is 25.5. The standard InChI is InChI=1S/C12H10Cl4O/c13-8-9(14)12(16)7-5-2-1-4(3-5)6(7)11(8,15)10(12)17/h4-7H,1-3H2. The molecule has 0 aliphatic heterocycles. The van der Waals surface area contributed by atoms with E-state index in [0.717, 1.165) is 19.3 Å². The van der Waals surface area contributed by atoms with Gasteiger partial charge in [0, 0.05) is 0 Å². The first-order valence-corrected chi connectivity index (χ1v) is 7.43. The van der Waals surface area contributed by atoms with E-state index in [9.17, 15) is 4.79 Å². The Labute approximate surface area is 119 Å². The molecule has 0 heterocycles. The maximum atomic E-state index is 12.5. The van der Waals surface area contributed by atoms with Crippen LogP contribution in [-0.4, -0.2) is 15.5 Å². The number of rotatable bonds is 0. The molecule has 0 aromatic rings. The number of hydrogen-bond acceptors (Lipinski definition) is 1. The van der Waals surface area contributed by atoms with Crippen LogP contribution in [0.1, 0.15) is 19.3 Å². The highest BCUT2D eigenvalue weighted by Gasteiger charge is 2.79. The van der Waals surface area contributed by atoms with Crippen molar-refractivity contribution in [3.05, 3.63) is 10.1 Å². The highest BCUT2D eigenvalue weighted by Crippen LogP contribution is 2.74. The molecule has 0 amide bonds. The molecule has 5 heteroatoms. The number of fused-ring (bicyclic) bond motifs is 9. The summed E-state index contributed by atoms with van der Waals surface area (Å²) in [6.07, 6.45) is 3.41. The number of ketones is 1. The topological polar surface area (TPSA) is 17.1 Å². The average Bonchev–Trinajstić information content (AvgIpc) is 2.98. The second-order valence-corrected chi connectivity index (χ2v) is 7.71. The molecule has 17 heavy (non-hydrogen) atoms. The monoisotopic (exact) mass is 310 g/mol. The van der Waals surface area contributed by atoms with Gasteiger partial charge in [-0.05, 0) is 42.9 Å². The number of Topliss-reactive ketones (excluding diaryl/α,β-unsaturated/α-hetero) is 1. The molecule has 0 spiro atoms. The van der Waals surface area contributed by atoms with E-state index < -0.39 is 9.75 Å². The molecule has 0 N–H and O–H groups in total. The number of halogens is 4. The van der Waals surface area contributed by atoms with Crippen LogP contribution in [0.25, 0.3) is 0 Å². The molecule has 4 bridgehead atoms. The SMILES string of the molecule is O=C1C2(Cl)C(Cl)=C(Cl)C1(Cl)C1C3CCC(C3)C12. The zero-order chi connectivity index (χ0) is 12.2. The molecule has 6 atom stereocenters. The van der Waals surface area contributed by atoms with Gasteiger partial charge in [0.25, 0.3) is 0 Å². The van der Waals surface area contributed by atoms with Crippen molar-refractivity contribution < 1.29 is 4.79 Å². The van der Waals surface area contributed by atoms with Gasteiger partial charge >= 0.3 is 0 Å². The lowest BCUT2D eigenvalue weighted by atomic mass is 9.73. The quantitative estimate of drug-likeness (QED) is 0.490. The van der Waals surface area contributed by atoms with Crippen LogP contribution in [-0.2, 0) is 4.79 Å². The molecule has 4 aliphatic carbocycles. The van der Waals surface area contributed by atoms with Crippen LogP contribution in [0.4, 0.5) is 0 Å². The molecule has 3 fully saturated rings. The Balaban J connectivity index is 2.00. The van der Waals surface area contributed by atoms with Gasteiger partial charge in [-0.25, -0.2) is 0 Å². The van der Waals surface area contributed by atoms with Crippen molar-refractivity contribution in [3.8, 4) is 0 Å². The van der Waals surface area contributed by atoms with Crippen molar-refractivity contribution in [2.24, 2.45) is 23.7 Å². The molecule has 92 valence electrons. The van der Waals surface area contributed by atoms with Crippen LogP contribution < -0.4 is 0 Å². The average molecular weight is 312 g/mol. The molecule has 4 rings (SSSR count). The van der Waals surface area contributed by atoms with Crippen LogP contribution in [0.15, 0.2) is 10.1 Å². The lowest BCUT2D eigenvalue weighted by Gasteiger charge is -2.38. The Kier molecular flexibility index (Phi) is 2.01. The van der Waals surface area contributed by atoms with Gasteiger partial charge in [0.15, 0.2) is 5.78 Å². The number of hydrogen-bond donors (Lipinski definition) is 0. The summed E-state index contributed by atoms with van der Waals surface area (Å²) in [6.45, 7) is 0. The fourth-order valence-corrected chi connectivity index (χ4v) is 6.80. The van der Waals surface area contributed by atoms with Gasteiger partial charge in [-0.3, -0.25) is 4.79 Å². The molecule has 4 aliphatic rings. The number of alkyl halides is 2. The molecule has 3 saturated carbocycles. The molecular weight excluding hydrogens is 302 g/mol. The van der Waals surface area contributed by atoms with E-state index in [0.29, 0.717) is 11.8 Å². The van der Waals surface area contributed by atoms with Crippen LogP contribution >= 0.6 is 46.4 Å². The summed E-state index contributed by atoms with van der Waals surface area (Å²) in [7, 11) is 0. The third kappa shape index (κ3) is 0.928. The van der Waals surface area contributed by atoms with Crippen molar-refractivity contribution in [2.45, 2.75) is 29.0 Å². The fourth-order valence-electron chi connectivity index (χ4n) is 4.81. The Morgan fingerprint density at radius 3 is 1.76 bits per heavy atom. The maximum absolute atomic E-state index is 12.5. The summed E-state index contributed by atoms with van der Waals surface area (Å²) in [6, 6.07) is 0. The van der Waals surface area contributed by atoms with Crippen LogP contribution in [0.3, 0.4) is 0 Å². The molecule has 1 nitrogen and oxygen atoms in total. The molecule has 0 aromatic carbocycles. The third-order valence-electron chi connectivity index (χ3n) is 5.33. The van der Waals surface area contributed by atoms with E-state index in [-0.39, 0.29) is 27.7 Å². The Hall–Kier alpha value is 0.570. The fraction of sp³-hybridized carbons (Fsp3) is 0.750. The first kappa shape index (κ1) is 11.4. The second kappa shape index (κ2) is 3.00. The van der Waals surface area contributed by atoms with Crippen molar-refractivity contribution in [1.82, 2.24) is 0 Å². The molecule has 0 radical (unpaired) electrons. The molecule has 6 unspecified atom stereocenters. The van der Waals surface area contributed by atoms with E-state index in [1.54, 1.807) is 0 Å². The third-order valence-corrected chi connectivity index (χ3v) is 7.82. The van der Waals surface area contributed by atoms with Crippen molar-refractivity contribution in [1.29, 1.82) is 0 Å². The lowest BCUT2D eigenvalue weighted by Crippen LogP contribution is -2.40. The van der Waals surface area contributed by atoms with Crippen molar-refractivity contribution in [2.75, 3.05) is 0 Å². The number of carbonyl (C=O) groups excluding carboxylic acids is 1. The van der Waals surface area contributed by atoms with Gasteiger partial charge in [0.1, 0.15) is 9.75 Å². The first-order valence-electron chi connectivity index (χ1n) is 5.92. The highest BCUT2D eigenvalue weighted by molar-refractivity contribution is 6.62. The summed E-state index contributed by atoms with van der Waals surface area (Å²) in [4.78, 5) is 10.2. The van der Waals surface area contributed by atoms with Gasteiger partial charge in [-0.15, -0.1) is 23.2 Å². The van der Waals surface area contributed by atoms with Crippen LogP contribution in [0.2, 0.25) is 0 Å².